The van der Waals surface area contributed by atoms with E-state index in [1.165, 1.54) is 6.26 Å². The van der Waals surface area contributed by atoms with E-state index in [9.17, 15) is 4.79 Å². The highest BCUT2D eigenvalue weighted by molar-refractivity contribution is 9.10. The predicted octanol–water partition coefficient (Wildman–Crippen LogP) is 1.93. The molecule has 84 valence electrons. The molecule has 4 nitrogen and oxygen atoms in total. The summed E-state index contributed by atoms with van der Waals surface area (Å²) in [6, 6.07) is 1.62. The molecule has 0 aliphatic carbocycles. The normalized spacial score (nSPS) is 10.3. The number of aliphatic hydroxyl groups is 1. The summed E-state index contributed by atoms with van der Waals surface area (Å²) in [5.41, 5.74) is 0.511. The maximum absolute atomic E-state index is 11.5. The number of halogens is 1. The highest BCUT2D eigenvalue weighted by atomic mass is 79.9. The number of hydrogen-bond acceptors (Lipinski definition) is 3. The van der Waals surface area contributed by atoms with Crippen molar-refractivity contribution in [2.24, 2.45) is 0 Å². The van der Waals surface area contributed by atoms with Gasteiger partial charge in [0.05, 0.1) is 11.8 Å². The molecule has 1 amide bonds. The van der Waals surface area contributed by atoms with Crippen molar-refractivity contribution in [3.8, 4) is 0 Å². The van der Waals surface area contributed by atoms with Gasteiger partial charge in [-0.05, 0) is 41.3 Å². The molecule has 1 heterocycles. The number of furan rings is 1. The SMILES string of the molecule is O=C(NCCCCCO)c1ccoc1Br. The Morgan fingerprint density at radius 3 is 2.87 bits per heavy atom. The lowest BCUT2D eigenvalue weighted by molar-refractivity contribution is 0.0951. The zero-order valence-electron chi connectivity index (χ0n) is 8.33. The number of nitrogens with one attached hydrogen (secondary N) is 1. The Labute approximate surface area is 96.8 Å². The van der Waals surface area contributed by atoms with Crippen LogP contribution >= 0.6 is 15.9 Å². The Balaban J connectivity index is 2.22. The van der Waals surface area contributed by atoms with E-state index in [1.807, 2.05) is 0 Å². The fourth-order valence-corrected chi connectivity index (χ4v) is 1.59. The molecule has 2 N–H and O–H groups in total. The average Bonchev–Trinajstić information content (AvgIpc) is 2.64. The molecule has 0 fully saturated rings. The summed E-state index contributed by atoms with van der Waals surface area (Å²) in [6.07, 6.45) is 4.04. The maximum Gasteiger partial charge on any atom is 0.255 e. The summed E-state index contributed by atoms with van der Waals surface area (Å²) < 4.78 is 5.41. The van der Waals surface area contributed by atoms with Crippen molar-refractivity contribution in [1.82, 2.24) is 5.32 Å². The minimum Gasteiger partial charge on any atom is -0.457 e. The summed E-state index contributed by atoms with van der Waals surface area (Å²) in [5.74, 6) is -0.139. The molecule has 1 aromatic heterocycles. The van der Waals surface area contributed by atoms with Gasteiger partial charge in [0.2, 0.25) is 0 Å². The number of rotatable bonds is 6. The smallest absolute Gasteiger partial charge is 0.255 e. The largest absolute Gasteiger partial charge is 0.457 e. The quantitative estimate of drug-likeness (QED) is 0.780. The number of hydrogen-bond donors (Lipinski definition) is 2. The topological polar surface area (TPSA) is 62.5 Å². The first-order valence-corrected chi connectivity index (χ1v) is 5.67. The third-order valence-corrected chi connectivity index (χ3v) is 2.60. The third kappa shape index (κ3) is 4.05. The van der Waals surface area contributed by atoms with Crippen molar-refractivity contribution < 1.29 is 14.3 Å². The minimum atomic E-state index is -0.139. The zero-order valence-corrected chi connectivity index (χ0v) is 9.92. The van der Waals surface area contributed by atoms with E-state index in [1.54, 1.807) is 6.07 Å². The molecule has 0 saturated carbocycles. The molecule has 5 heteroatoms. The second kappa shape index (κ2) is 6.63. The number of amides is 1. The van der Waals surface area contributed by atoms with Gasteiger partial charge in [-0.3, -0.25) is 4.79 Å². The number of carbonyl (C=O) groups excluding carboxylic acids is 1. The lowest BCUT2D eigenvalue weighted by atomic mass is 10.2. The predicted molar refractivity (Wildman–Crippen MR) is 59.7 cm³/mol. The standard InChI is InChI=1S/C10H14BrNO3/c11-9-8(4-7-15-9)10(14)12-5-2-1-3-6-13/h4,7,13H,1-3,5-6H2,(H,12,14). The van der Waals surface area contributed by atoms with Crippen molar-refractivity contribution >= 4 is 21.8 Å². The molecule has 0 radical (unpaired) electrons. The lowest BCUT2D eigenvalue weighted by Gasteiger charge is -2.02. The zero-order chi connectivity index (χ0) is 11.1. The molecular formula is C10H14BrNO3. The average molecular weight is 276 g/mol. The summed E-state index contributed by atoms with van der Waals surface area (Å²) in [6.45, 7) is 0.831. The van der Waals surface area contributed by atoms with Gasteiger partial charge in [-0.1, -0.05) is 0 Å². The Hall–Kier alpha value is -0.810. The van der Waals surface area contributed by atoms with Gasteiger partial charge < -0.3 is 14.8 Å². The van der Waals surface area contributed by atoms with Crippen LogP contribution in [0.1, 0.15) is 29.6 Å². The number of aliphatic hydroxyl groups excluding tert-OH is 1. The molecule has 0 aromatic carbocycles. The van der Waals surface area contributed by atoms with E-state index in [0.717, 1.165) is 19.3 Å². The molecule has 0 bridgehead atoms. The fraction of sp³-hybridized carbons (Fsp3) is 0.500. The van der Waals surface area contributed by atoms with E-state index < -0.39 is 0 Å². The second-order valence-electron chi connectivity index (χ2n) is 3.15. The van der Waals surface area contributed by atoms with Gasteiger partial charge in [-0.25, -0.2) is 0 Å². The second-order valence-corrected chi connectivity index (χ2v) is 3.87. The number of carbonyl (C=O) groups is 1. The molecule has 0 aliphatic heterocycles. The van der Waals surface area contributed by atoms with Crippen molar-refractivity contribution in [2.45, 2.75) is 19.3 Å². The van der Waals surface area contributed by atoms with E-state index >= 15 is 0 Å². The van der Waals surface area contributed by atoms with Crippen LogP contribution in [0.5, 0.6) is 0 Å². The minimum absolute atomic E-state index is 0.139. The van der Waals surface area contributed by atoms with Crippen LogP contribution in [0, 0.1) is 0 Å². The first-order valence-electron chi connectivity index (χ1n) is 4.87. The molecule has 0 atom stereocenters. The van der Waals surface area contributed by atoms with Gasteiger partial charge >= 0.3 is 0 Å². The molecule has 0 aliphatic rings. The summed E-state index contributed by atoms with van der Waals surface area (Å²) in [5, 5.41) is 11.3. The monoisotopic (exact) mass is 275 g/mol. The highest BCUT2D eigenvalue weighted by Gasteiger charge is 2.11. The summed E-state index contributed by atoms with van der Waals surface area (Å²) in [7, 11) is 0. The van der Waals surface area contributed by atoms with Crippen LogP contribution < -0.4 is 5.32 Å². The van der Waals surface area contributed by atoms with Crippen molar-refractivity contribution in [2.75, 3.05) is 13.2 Å². The van der Waals surface area contributed by atoms with Gasteiger partial charge in [0.1, 0.15) is 0 Å². The fourth-order valence-electron chi connectivity index (χ4n) is 1.17. The third-order valence-electron chi connectivity index (χ3n) is 1.98. The van der Waals surface area contributed by atoms with E-state index in [-0.39, 0.29) is 12.5 Å². The van der Waals surface area contributed by atoms with Gasteiger partial charge in [0, 0.05) is 13.2 Å². The number of unbranched alkanes of at least 4 members (excludes halogenated alkanes) is 2. The van der Waals surface area contributed by atoms with Crippen LogP contribution in [0.25, 0.3) is 0 Å². The molecule has 0 saturated heterocycles. The summed E-state index contributed by atoms with van der Waals surface area (Å²) >= 11 is 3.14. The molecule has 15 heavy (non-hydrogen) atoms. The van der Waals surface area contributed by atoms with E-state index in [2.05, 4.69) is 21.2 Å². The van der Waals surface area contributed by atoms with Crippen LogP contribution in [0.3, 0.4) is 0 Å². The maximum atomic E-state index is 11.5. The van der Waals surface area contributed by atoms with Crippen molar-refractivity contribution in [3.63, 3.8) is 0 Å². The molecule has 1 rings (SSSR count). The van der Waals surface area contributed by atoms with E-state index in [4.69, 9.17) is 9.52 Å². The van der Waals surface area contributed by atoms with Gasteiger partial charge in [-0.2, -0.15) is 0 Å². The highest BCUT2D eigenvalue weighted by Crippen LogP contribution is 2.16. The Kier molecular flexibility index (Phi) is 5.42. The van der Waals surface area contributed by atoms with Gasteiger partial charge in [-0.15, -0.1) is 0 Å². The Morgan fingerprint density at radius 2 is 2.27 bits per heavy atom. The van der Waals surface area contributed by atoms with Crippen LogP contribution in [-0.4, -0.2) is 24.2 Å². The molecular weight excluding hydrogens is 262 g/mol. The molecule has 0 unspecified atom stereocenters. The van der Waals surface area contributed by atoms with Crippen LogP contribution in [0.15, 0.2) is 21.4 Å². The Bertz CT molecular complexity index is 311. The van der Waals surface area contributed by atoms with Crippen LogP contribution in [-0.2, 0) is 0 Å². The van der Waals surface area contributed by atoms with Gasteiger partial charge in [0.25, 0.3) is 5.91 Å². The van der Waals surface area contributed by atoms with Crippen LogP contribution in [0.2, 0.25) is 0 Å². The molecule has 0 spiro atoms. The molecule has 1 aromatic rings. The van der Waals surface area contributed by atoms with Gasteiger partial charge in [0.15, 0.2) is 4.67 Å². The van der Waals surface area contributed by atoms with Crippen LogP contribution in [0.4, 0.5) is 0 Å². The van der Waals surface area contributed by atoms with Crippen molar-refractivity contribution in [1.29, 1.82) is 0 Å². The lowest BCUT2D eigenvalue weighted by Crippen LogP contribution is -2.24. The first-order chi connectivity index (χ1) is 7.25. The summed E-state index contributed by atoms with van der Waals surface area (Å²) in [4.78, 5) is 11.5. The van der Waals surface area contributed by atoms with Crippen molar-refractivity contribution in [3.05, 3.63) is 22.6 Å². The Morgan fingerprint density at radius 1 is 1.47 bits per heavy atom. The first kappa shape index (κ1) is 12.3. The van der Waals surface area contributed by atoms with E-state index in [0.29, 0.717) is 16.8 Å².